The zero-order valence-corrected chi connectivity index (χ0v) is 21.5. The highest BCUT2D eigenvalue weighted by atomic mass is 16.2. The highest BCUT2D eigenvalue weighted by molar-refractivity contribution is 5.63. The number of hydrazine groups is 1. The van der Waals surface area contributed by atoms with Gasteiger partial charge in [0.2, 0.25) is 0 Å². The van der Waals surface area contributed by atoms with Gasteiger partial charge in [-0.1, -0.05) is 43.8 Å². The summed E-state index contributed by atoms with van der Waals surface area (Å²) in [5, 5.41) is 8.96. The van der Waals surface area contributed by atoms with E-state index in [4.69, 9.17) is 10.8 Å². The number of hydrogen-bond donors (Lipinski definition) is 3. The summed E-state index contributed by atoms with van der Waals surface area (Å²) in [6.07, 6.45) is 4.71. The van der Waals surface area contributed by atoms with Gasteiger partial charge in [0.05, 0.1) is 11.7 Å². The highest BCUT2D eigenvalue weighted by Gasteiger charge is 2.30. The Morgan fingerprint density at radius 2 is 1.91 bits per heavy atom. The smallest absolute Gasteiger partial charge is 0.0561 e. The molecule has 4 N–H and O–H groups in total. The molecule has 0 fully saturated rings. The van der Waals surface area contributed by atoms with Crippen molar-refractivity contribution in [1.82, 2.24) is 15.3 Å². The van der Waals surface area contributed by atoms with E-state index in [1.165, 1.54) is 46.2 Å². The second-order valence-corrected chi connectivity index (χ2v) is 9.02. The Morgan fingerprint density at radius 1 is 1.18 bits per heavy atom. The summed E-state index contributed by atoms with van der Waals surface area (Å²) >= 11 is 0. The van der Waals surface area contributed by atoms with E-state index >= 15 is 0 Å². The van der Waals surface area contributed by atoms with Crippen LogP contribution in [0.4, 0.5) is 0 Å². The standard InChI is InChI=1S/C27H40N4.CH4O/c1-7-21(25-17-23(15-14-19(25)2)20(3)31(6)29-4)18-30(5)16-9-8-11-22-12-10-13-24-26(22)27(24)28;1-2/h10,12-15,17,21,27,29H,3,7-9,11,16,18,28H2,1-2,4-6H3;2H,1H3. The summed E-state index contributed by atoms with van der Waals surface area (Å²) in [4.78, 5) is 2.50. The van der Waals surface area contributed by atoms with E-state index in [-0.39, 0.29) is 6.04 Å². The molecule has 2 atom stereocenters. The molecule has 2 aromatic carbocycles. The summed E-state index contributed by atoms with van der Waals surface area (Å²) in [7, 11) is 7.18. The SMILES string of the molecule is C=C(c1ccc(C)c(C(CC)CN(C)CCCCc2cccc3c2C3N)c1)N(C)NC.CO. The lowest BCUT2D eigenvalue weighted by Crippen LogP contribution is -2.29. The van der Waals surface area contributed by atoms with Crippen LogP contribution < -0.4 is 11.2 Å². The fourth-order valence-corrected chi connectivity index (χ4v) is 4.61. The molecule has 1 aliphatic rings. The van der Waals surface area contributed by atoms with Crippen LogP contribution >= 0.6 is 0 Å². The number of hydrogen-bond acceptors (Lipinski definition) is 5. The van der Waals surface area contributed by atoms with E-state index in [9.17, 15) is 0 Å². The van der Waals surface area contributed by atoms with Crippen molar-refractivity contribution in [3.8, 4) is 0 Å². The number of nitrogens with two attached hydrogens (primary N) is 1. The van der Waals surface area contributed by atoms with E-state index < -0.39 is 0 Å². The summed E-state index contributed by atoms with van der Waals surface area (Å²) < 4.78 is 0. The first-order valence-corrected chi connectivity index (χ1v) is 12.1. The van der Waals surface area contributed by atoms with Gasteiger partial charge in [0, 0.05) is 27.7 Å². The summed E-state index contributed by atoms with van der Waals surface area (Å²) in [6, 6.07) is 13.5. The maximum absolute atomic E-state index is 7.00. The molecule has 0 bridgehead atoms. The van der Waals surface area contributed by atoms with Crippen LogP contribution in [0.25, 0.3) is 5.70 Å². The molecule has 0 aliphatic heterocycles. The fourth-order valence-electron chi connectivity index (χ4n) is 4.61. The van der Waals surface area contributed by atoms with Gasteiger partial charge in [-0.25, -0.2) is 5.43 Å². The molecule has 0 amide bonds. The Balaban J connectivity index is 0.00000187. The average Bonchev–Trinajstić information content (AvgIpc) is 3.51. The second-order valence-electron chi connectivity index (χ2n) is 9.02. The predicted molar refractivity (Wildman–Crippen MR) is 141 cm³/mol. The third-order valence-electron chi connectivity index (χ3n) is 6.85. The minimum absolute atomic E-state index is 0.209. The molecule has 3 rings (SSSR count). The van der Waals surface area contributed by atoms with Gasteiger partial charge in [-0.3, -0.25) is 0 Å². The van der Waals surface area contributed by atoms with Crippen molar-refractivity contribution in [3.63, 3.8) is 0 Å². The number of benzene rings is 2. The second kappa shape index (κ2) is 12.9. The predicted octanol–water partition coefficient (Wildman–Crippen LogP) is 4.45. The molecule has 182 valence electrons. The quantitative estimate of drug-likeness (QED) is 0.328. The Labute approximate surface area is 201 Å². The van der Waals surface area contributed by atoms with Crippen molar-refractivity contribution in [2.24, 2.45) is 5.73 Å². The molecule has 0 aromatic heterocycles. The van der Waals surface area contributed by atoms with Gasteiger partial charge in [-0.2, -0.15) is 0 Å². The van der Waals surface area contributed by atoms with Crippen LogP contribution in [0.3, 0.4) is 0 Å². The van der Waals surface area contributed by atoms with Gasteiger partial charge >= 0.3 is 0 Å². The molecule has 0 heterocycles. The van der Waals surface area contributed by atoms with E-state index in [1.54, 1.807) is 0 Å². The van der Waals surface area contributed by atoms with Gasteiger partial charge in [-0.05, 0) is 91.6 Å². The minimum atomic E-state index is 0.209. The molecule has 0 spiro atoms. The van der Waals surface area contributed by atoms with E-state index in [0.29, 0.717) is 5.92 Å². The van der Waals surface area contributed by atoms with Crippen LogP contribution in [-0.4, -0.2) is 56.4 Å². The summed E-state index contributed by atoms with van der Waals surface area (Å²) in [5.41, 5.74) is 18.5. The number of likely N-dealkylation sites (N-methyl/N-ethyl adjacent to an activating group) is 1. The van der Waals surface area contributed by atoms with Gasteiger partial charge in [-0.15, -0.1) is 0 Å². The first-order valence-electron chi connectivity index (χ1n) is 12.1. The molecule has 33 heavy (non-hydrogen) atoms. The number of aliphatic hydroxyl groups excluding tert-OH is 1. The molecule has 1 aliphatic carbocycles. The highest BCUT2D eigenvalue weighted by Crippen LogP contribution is 2.41. The first-order chi connectivity index (χ1) is 15.9. The lowest BCUT2D eigenvalue weighted by molar-refractivity contribution is 0.300. The van der Waals surface area contributed by atoms with Crippen molar-refractivity contribution in [3.05, 3.63) is 76.4 Å². The fraction of sp³-hybridized carbons (Fsp3) is 0.500. The van der Waals surface area contributed by atoms with Gasteiger partial charge in [0.1, 0.15) is 0 Å². The third-order valence-corrected chi connectivity index (χ3v) is 6.85. The number of nitrogens with one attached hydrogen (secondary N) is 1. The number of unbranched alkanes of at least 4 members (excludes halogenated alkanes) is 1. The normalized spacial score (nSPS) is 14.9. The van der Waals surface area contributed by atoms with E-state index in [2.05, 4.69) is 74.2 Å². The third kappa shape index (κ3) is 6.90. The number of fused-ring (bicyclic) bond motifs is 1. The van der Waals surface area contributed by atoms with Gasteiger partial charge < -0.3 is 20.7 Å². The summed E-state index contributed by atoms with van der Waals surface area (Å²) in [5.74, 6) is 0.529. The van der Waals surface area contributed by atoms with Crippen LogP contribution in [0.1, 0.15) is 71.5 Å². The zero-order chi connectivity index (χ0) is 24.5. The average molecular weight is 453 g/mol. The molecule has 2 unspecified atom stereocenters. The lowest BCUT2D eigenvalue weighted by Gasteiger charge is -2.26. The summed E-state index contributed by atoms with van der Waals surface area (Å²) in [6.45, 7) is 11.0. The Bertz CT molecular complexity index is 911. The van der Waals surface area contributed by atoms with Crippen molar-refractivity contribution in [1.29, 1.82) is 0 Å². The first kappa shape index (κ1) is 27.1. The minimum Gasteiger partial charge on any atom is -0.400 e. The topological polar surface area (TPSA) is 64.8 Å². The lowest BCUT2D eigenvalue weighted by atomic mass is 9.90. The molecule has 5 heteroatoms. The van der Waals surface area contributed by atoms with Crippen LogP contribution in [0.15, 0.2) is 43.0 Å². The van der Waals surface area contributed by atoms with Crippen LogP contribution in [0, 0.1) is 6.92 Å². The largest absolute Gasteiger partial charge is 0.400 e. The van der Waals surface area contributed by atoms with Crippen molar-refractivity contribution < 1.29 is 5.11 Å². The Hall–Kier alpha value is -2.18. The maximum Gasteiger partial charge on any atom is 0.0561 e. The number of rotatable bonds is 12. The number of aryl methyl sites for hydroxylation is 2. The Kier molecular flexibility index (Phi) is 10.6. The van der Waals surface area contributed by atoms with Crippen LogP contribution in [0.2, 0.25) is 0 Å². The molecule has 0 saturated carbocycles. The molecule has 5 nitrogen and oxygen atoms in total. The van der Waals surface area contributed by atoms with E-state index in [1.807, 2.05) is 19.1 Å². The molecular weight excluding hydrogens is 408 g/mol. The van der Waals surface area contributed by atoms with Crippen LogP contribution in [0.5, 0.6) is 0 Å². The number of nitrogens with zero attached hydrogens (tertiary/aromatic N) is 2. The maximum atomic E-state index is 7.00. The monoisotopic (exact) mass is 452 g/mol. The molecule has 0 radical (unpaired) electrons. The zero-order valence-electron chi connectivity index (χ0n) is 21.5. The molecule has 0 saturated heterocycles. The van der Waals surface area contributed by atoms with Crippen molar-refractivity contribution in [2.45, 2.75) is 51.5 Å². The van der Waals surface area contributed by atoms with Crippen molar-refractivity contribution >= 4 is 5.70 Å². The molecule has 2 aromatic rings. The van der Waals surface area contributed by atoms with E-state index in [0.717, 1.165) is 38.7 Å². The molecular formula is C28H44N4O. The van der Waals surface area contributed by atoms with Gasteiger partial charge in [0.25, 0.3) is 0 Å². The van der Waals surface area contributed by atoms with Crippen molar-refractivity contribution in [2.75, 3.05) is 41.3 Å². The number of aliphatic hydroxyl groups is 1. The Morgan fingerprint density at radius 3 is 2.58 bits per heavy atom. The van der Waals surface area contributed by atoms with Crippen LogP contribution in [-0.2, 0) is 6.42 Å². The van der Waals surface area contributed by atoms with Gasteiger partial charge in [0.15, 0.2) is 0 Å².